The van der Waals surface area contributed by atoms with E-state index >= 15 is 0 Å². The van der Waals surface area contributed by atoms with Crippen LogP contribution in [0.15, 0.2) is 30.3 Å². The summed E-state index contributed by atoms with van der Waals surface area (Å²) in [5.41, 5.74) is 9.76. The normalized spacial score (nSPS) is 17.4. The highest BCUT2D eigenvalue weighted by Crippen LogP contribution is 2.38. The molecule has 0 radical (unpaired) electrons. The molecule has 1 aliphatic carbocycles. The fraction of sp³-hybridized carbons (Fsp3) is 0.440. The Kier molecular flexibility index (Phi) is 6.02. The van der Waals surface area contributed by atoms with Gasteiger partial charge in [-0.15, -0.1) is 11.3 Å². The number of hydrogen-bond donors (Lipinski definition) is 3. The van der Waals surface area contributed by atoms with Gasteiger partial charge in [-0.3, -0.25) is 9.59 Å². The van der Waals surface area contributed by atoms with Gasteiger partial charge >= 0.3 is 0 Å². The van der Waals surface area contributed by atoms with Crippen LogP contribution in [-0.4, -0.2) is 41.3 Å². The Balaban J connectivity index is 1.14. The molecule has 3 heterocycles. The molecule has 1 aliphatic heterocycles. The van der Waals surface area contributed by atoms with Gasteiger partial charge in [-0.05, 0) is 74.7 Å². The van der Waals surface area contributed by atoms with Crippen LogP contribution in [0.3, 0.4) is 0 Å². The van der Waals surface area contributed by atoms with Crippen molar-refractivity contribution in [2.24, 2.45) is 5.73 Å². The summed E-state index contributed by atoms with van der Waals surface area (Å²) in [5, 5.41) is 4.90. The number of benzene rings is 1. The number of anilines is 1. The van der Waals surface area contributed by atoms with Gasteiger partial charge < -0.3 is 20.9 Å². The second-order valence-electron chi connectivity index (χ2n) is 9.01. The Hall–Kier alpha value is -2.64. The number of carbonyl (C=O) groups is 2. The summed E-state index contributed by atoms with van der Waals surface area (Å²) >= 11 is 1.53. The second kappa shape index (κ2) is 9.08. The van der Waals surface area contributed by atoms with E-state index < -0.39 is 5.91 Å². The second-order valence-corrected chi connectivity index (χ2v) is 10.1. The number of para-hydroxylation sites is 1. The molecule has 6 nitrogen and oxygen atoms in total. The minimum absolute atomic E-state index is 0.0381. The fourth-order valence-corrected chi connectivity index (χ4v) is 6.46. The molecule has 32 heavy (non-hydrogen) atoms. The minimum atomic E-state index is -0.432. The molecule has 7 heteroatoms. The SMILES string of the molecule is NC(=O)c1c(NC(=O)CCN2CCC(c3cc4ccccc4[nH]3)CC2)sc2c1CCCC2. The van der Waals surface area contributed by atoms with Crippen LogP contribution in [0.1, 0.15) is 64.5 Å². The Morgan fingerprint density at radius 2 is 1.94 bits per heavy atom. The molecule has 168 valence electrons. The number of likely N-dealkylation sites (tertiary alicyclic amines) is 1. The smallest absolute Gasteiger partial charge is 0.251 e. The van der Waals surface area contributed by atoms with Crippen molar-refractivity contribution in [3.8, 4) is 0 Å². The molecule has 0 saturated carbocycles. The molecular formula is C25H30N4O2S. The van der Waals surface area contributed by atoms with Crippen molar-refractivity contribution in [1.82, 2.24) is 9.88 Å². The van der Waals surface area contributed by atoms with E-state index in [2.05, 4.69) is 45.5 Å². The van der Waals surface area contributed by atoms with E-state index in [1.165, 1.54) is 32.8 Å². The number of aryl methyl sites for hydroxylation is 1. The number of fused-ring (bicyclic) bond motifs is 2. The number of aromatic amines is 1. The largest absolute Gasteiger partial charge is 0.365 e. The number of primary amides is 1. The molecule has 2 aromatic heterocycles. The molecule has 1 fully saturated rings. The molecule has 0 spiro atoms. The van der Waals surface area contributed by atoms with Crippen LogP contribution in [0.2, 0.25) is 0 Å². The van der Waals surface area contributed by atoms with Gasteiger partial charge in [0.05, 0.1) is 5.56 Å². The van der Waals surface area contributed by atoms with Gasteiger partial charge in [-0.2, -0.15) is 0 Å². The number of nitrogens with two attached hydrogens (primary N) is 1. The molecule has 3 aromatic rings. The van der Waals surface area contributed by atoms with Gasteiger partial charge in [-0.1, -0.05) is 18.2 Å². The first-order chi connectivity index (χ1) is 15.6. The maximum Gasteiger partial charge on any atom is 0.251 e. The highest BCUT2D eigenvalue weighted by molar-refractivity contribution is 7.17. The highest BCUT2D eigenvalue weighted by atomic mass is 32.1. The van der Waals surface area contributed by atoms with Crippen molar-refractivity contribution in [2.75, 3.05) is 25.0 Å². The van der Waals surface area contributed by atoms with Crippen LogP contribution < -0.4 is 11.1 Å². The Bertz CT molecular complexity index is 1110. The van der Waals surface area contributed by atoms with Gasteiger partial charge in [0, 0.05) is 35.0 Å². The van der Waals surface area contributed by atoms with Crippen molar-refractivity contribution in [2.45, 2.75) is 50.9 Å². The minimum Gasteiger partial charge on any atom is -0.365 e. The number of H-pyrrole nitrogens is 1. The van der Waals surface area contributed by atoms with E-state index in [1.54, 1.807) is 0 Å². The number of nitrogens with one attached hydrogen (secondary N) is 2. The monoisotopic (exact) mass is 450 g/mol. The van der Waals surface area contributed by atoms with Gasteiger partial charge in [0.25, 0.3) is 5.91 Å². The van der Waals surface area contributed by atoms with Crippen molar-refractivity contribution in [3.63, 3.8) is 0 Å². The zero-order valence-electron chi connectivity index (χ0n) is 18.3. The third-order valence-corrected chi connectivity index (χ3v) is 8.11. The number of rotatable bonds is 6. The molecule has 1 saturated heterocycles. The molecule has 0 unspecified atom stereocenters. The van der Waals surface area contributed by atoms with Crippen LogP contribution in [0.5, 0.6) is 0 Å². The molecule has 2 amide bonds. The lowest BCUT2D eigenvalue weighted by Crippen LogP contribution is -2.35. The van der Waals surface area contributed by atoms with E-state index in [9.17, 15) is 9.59 Å². The highest BCUT2D eigenvalue weighted by Gasteiger charge is 2.26. The molecule has 0 atom stereocenters. The molecular weight excluding hydrogens is 420 g/mol. The van der Waals surface area contributed by atoms with Crippen LogP contribution >= 0.6 is 11.3 Å². The summed E-state index contributed by atoms with van der Waals surface area (Å²) in [5.74, 6) is 0.0747. The summed E-state index contributed by atoms with van der Waals surface area (Å²) < 4.78 is 0. The van der Waals surface area contributed by atoms with Crippen molar-refractivity contribution in [1.29, 1.82) is 0 Å². The first kappa shape index (κ1) is 21.2. The average molecular weight is 451 g/mol. The van der Waals surface area contributed by atoms with E-state index in [0.29, 0.717) is 22.9 Å². The predicted molar refractivity (Wildman–Crippen MR) is 129 cm³/mol. The molecule has 0 bridgehead atoms. The maximum atomic E-state index is 12.6. The Labute approximate surface area is 192 Å². The number of thiophene rings is 1. The van der Waals surface area contributed by atoms with Gasteiger partial charge in [0.2, 0.25) is 5.91 Å². The van der Waals surface area contributed by atoms with Crippen molar-refractivity contribution in [3.05, 3.63) is 52.0 Å². The first-order valence-corrected chi connectivity index (χ1v) is 12.4. The lowest BCUT2D eigenvalue weighted by Gasteiger charge is -2.31. The number of aromatic nitrogens is 1. The number of hydrogen-bond acceptors (Lipinski definition) is 4. The van der Waals surface area contributed by atoms with Crippen LogP contribution in [-0.2, 0) is 17.6 Å². The summed E-state index contributed by atoms with van der Waals surface area (Å²) in [6.07, 6.45) is 6.68. The van der Waals surface area contributed by atoms with Crippen LogP contribution in [0.4, 0.5) is 5.00 Å². The third kappa shape index (κ3) is 4.32. The fourth-order valence-electron chi connectivity index (χ4n) is 5.15. The lowest BCUT2D eigenvalue weighted by molar-refractivity contribution is -0.116. The zero-order valence-corrected chi connectivity index (χ0v) is 19.1. The first-order valence-electron chi connectivity index (χ1n) is 11.6. The van der Waals surface area contributed by atoms with Gasteiger partial charge in [-0.25, -0.2) is 0 Å². The third-order valence-electron chi connectivity index (χ3n) is 6.90. The average Bonchev–Trinajstić information content (AvgIpc) is 3.39. The number of nitrogens with zero attached hydrogens (tertiary/aromatic N) is 1. The summed E-state index contributed by atoms with van der Waals surface area (Å²) in [7, 11) is 0. The van der Waals surface area contributed by atoms with Crippen molar-refractivity contribution < 1.29 is 9.59 Å². The lowest BCUT2D eigenvalue weighted by atomic mass is 9.93. The number of carbonyl (C=O) groups excluding carboxylic acids is 2. The van der Waals surface area contributed by atoms with Gasteiger partial charge in [0.15, 0.2) is 0 Å². The molecule has 4 N–H and O–H groups in total. The van der Waals surface area contributed by atoms with E-state index in [1.807, 2.05) is 0 Å². The molecule has 1 aromatic carbocycles. The van der Waals surface area contributed by atoms with E-state index in [4.69, 9.17) is 5.73 Å². The Morgan fingerprint density at radius 3 is 2.72 bits per heavy atom. The summed E-state index contributed by atoms with van der Waals surface area (Å²) in [6, 6.07) is 10.7. The van der Waals surface area contributed by atoms with E-state index in [0.717, 1.165) is 63.7 Å². The molecule has 2 aliphatic rings. The number of piperidine rings is 1. The molecule has 5 rings (SSSR count). The summed E-state index contributed by atoms with van der Waals surface area (Å²) in [4.78, 5) is 31.8. The Morgan fingerprint density at radius 1 is 1.16 bits per heavy atom. The summed E-state index contributed by atoms with van der Waals surface area (Å²) in [6.45, 7) is 2.72. The van der Waals surface area contributed by atoms with Crippen molar-refractivity contribution >= 4 is 39.1 Å². The zero-order chi connectivity index (χ0) is 22.1. The maximum absolute atomic E-state index is 12.6. The van der Waals surface area contributed by atoms with Gasteiger partial charge in [0.1, 0.15) is 5.00 Å². The quantitative estimate of drug-likeness (QED) is 0.519. The predicted octanol–water partition coefficient (Wildman–Crippen LogP) is 4.42. The van der Waals surface area contributed by atoms with Crippen LogP contribution in [0, 0.1) is 0 Å². The topological polar surface area (TPSA) is 91.2 Å². The van der Waals surface area contributed by atoms with Crippen LogP contribution in [0.25, 0.3) is 10.9 Å². The number of amides is 2. The standard InChI is InChI=1S/C25H30N4O2S/c26-24(31)23-18-6-2-4-8-21(18)32-25(23)28-22(30)11-14-29-12-9-16(10-13-29)20-15-17-5-1-3-7-19(17)27-20/h1,3,5,7,15-16,27H,2,4,6,8-14H2,(H2,26,31)(H,28,30). The van der Waals surface area contributed by atoms with E-state index in [-0.39, 0.29) is 5.91 Å².